The number of aromatic hydroxyl groups is 1. The van der Waals surface area contributed by atoms with Gasteiger partial charge >= 0.3 is 0 Å². The van der Waals surface area contributed by atoms with Crippen LogP contribution in [0.4, 0.5) is 5.82 Å². The molecule has 2 N–H and O–H groups in total. The van der Waals surface area contributed by atoms with E-state index in [2.05, 4.69) is 15.3 Å². The minimum atomic E-state index is 0.218. The zero-order valence-corrected chi connectivity index (χ0v) is 9.15. The van der Waals surface area contributed by atoms with Crippen LogP contribution in [-0.2, 0) is 6.54 Å². The summed E-state index contributed by atoms with van der Waals surface area (Å²) in [5.41, 5.74) is 1.05. The van der Waals surface area contributed by atoms with E-state index < -0.39 is 0 Å². The van der Waals surface area contributed by atoms with Crippen LogP contribution in [0.3, 0.4) is 0 Å². The average Bonchev–Trinajstić information content (AvgIpc) is 2.28. The Bertz CT molecular complexity index is 473. The molecule has 0 aliphatic rings. The van der Waals surface area contributed by atoms with Crippen molar-refractivity contribution in [2.45, 2.75) is 6.54 Å². The zero-order chi connectivity index (χ0) is 11.4. The lowest BCUT2D eigenvalue weighted by molar-refractivity contribution is 0.475. The highest BCUT2D eigenvalue weighted by Gasteiger charge is 1.97. The van der Waals surface area contributed by atoms with E-state index in [4.69, 9.17) is 16.7 Å². The largest absolute Gasteiger partial charge is 0.508 e. The smallest absolute Gasteiger partial charge is 0.224 e. The molecular weight excluding hydrogens is 226 g/mol. The van der Waals surface area contributed by atoms with Crippen LogP contribution in [0.5, 0.6) is 5.75 Å². The van der Waals surface area contributed by atoms with Crippen LogP contribution in [0.15, 0.2) is 36.5 Å². The summed E-state index contributed by atoms with van der Waals surface area (Å²) < 4.78 is 0. The predicted molar refractivity (Wildman–Crippen MR) is 62.5 cm³/mol. The molecule has 0 unspecified atom stereocenters. The van der Waals surface area contributed by atoms with Gasteiger partial charge in [0, 0.05) is 12.7 Å². The third-order valence-electron chi connectivity index (χ3n) is 2.04. The third-order valence-corrected chi connectivity index (χ3v) is 2.22. The maximum atomic E-state index is 9.12. The number of halogens is 1. The first-order valence-corrected chi connectivity index (χ1v) is 5.12. The van der Waals surface area contributed by atoms with E-state index in [9.17, 15) is 0 Å². The van der Waals surface area contributed by atoms with Crippen molar-refractivity contribution in [2.75, 3.05) is 5.32 Å². The Hall–Kier alpha value is -1.81. The summed E-state index contributed by atoms with van der Waals surface area (Å²) in [6, 6.07) is 8.70. The van der Waals surface area contributed by atoms with Gasteiger partial charge in [-0.3, -0.25) is 0 Å². The van der Waals surface area contributed by atoms with Gasteiger partial charge in [0.1, 0.15) is 11.6 Å². The second-order valence-electron chi connectivity index (χ2n) is 3.23. The maximum absolute atomic E-state index is 9.12. The Morgan fingerprint density at radius 3 is 2.62 bits per heavy atom. The van der Waals surface area contributed by atoms with Crippen molar-refractivity contribution in [3.05, 3.63) is 47.4 Å². The number of hydrogen-bond donors (Lipinski definition) is 2. The first-order chi connectivity index (χ1) is 7.74. The van der Waals surface area contributed by atoms with Crippen LogP contribution in [-0.4, -0.2) is 15.1 Å². The van der Waals surface area contributed by atoms with Crippen molar-refractivity contribution in [2.24, 2.45) is 0 Å². The van der Waals surface area contributed by atoms with Crippen molar-refractivity contribution in [3.63, 3.8) is 0 Å². The van der Waals surface area contributed by atoms with Crippen molar-refractivity contribution in [3.8, 4) is 5.75 Å². The molecule has 0 bridgehead atoms. The molecule has 0 aliphatic heterocycles. The molecule has 1 aromatic carbocycles. The second-order valence-corrected chi connectivity index (χ2v) is 3.57. The van der Waals surface area contributed by atoms with Crippen LogP contribution in [0, 0.1) is 0 Å². The number of nitrogens with zero attached hydrogens (tertiary/aromatic N) is 2. The quantitative estimate of drug-likeness (QED) is 0.803. The Balaban J connectivity index is 1.99. The standard InChI is InChI=1S/C11H10ClN3O/c12-11-13-6-5-10(15-11)14-7-8-1-3-9(16)4-2-8/h1-6,16H,7H2,(H,13,14,15). The number of anilines is 1. The number of hydrogen-bond acceptors (Lipinski definition) is 4. The second kappa shape index (κ2) is 4.81. The van der Waals surface area contributed by atoms with Crippen molar-refractivity contribution in [1.29, 1.82) is 0 Å². The summed E-state index contributed by atoms with van der Waals surface area (Å²) in [4.78, 5) is 7.79. The van der Waals surface area contributed by atoms with Gasteiger partial charge in [-0.05, 0) is 35.4 Å². The number of rotatable bonds is 3. The molecule has 0 amide bonds. The van der Waals surface area contributed by atoms with Gasteiger partial charge in [0.2, 0.25) is 5.28 Å². The number of phenolic OH excluding ortho intramolecular Hbond substituents is 1. The summed E-state index contributed by atoms with van der Waals surface area (Å²) in [6.45, 7) is 0.619. The van der Waals surface area contributed by atoms with Gasteiger partial charge in [-0.2, -0.15) is 0 Å². The van der Waals surface area contributed by atoms with Crippen LogP contribution in [0.2, 0.25) is 5.28 Å². The highest BCUT2D eigenvalue weighted by Crippen LogP contribution is 2.12. The van der Waals surface area contributed by atoms with Gasteiger partial charge in [0.25, 0.3) is 0 Å². The van der Waals surface area contributed by atoms with Gasteiger partial charge in [0.05, 0.1) is 0 Å². The van der Waals surface area contributed by atoms with Crippen LogP contribution < -0.4 is 5.32 Å². The predicted octanol–water partition coefficient (Wildman–Crippen LogP) is 2.45. The Morgan fingerprint density at radius 1 is 1.19 bits per heavy atom. The molecule has 0 atom stereocenters. The van der Waals surface area contributed by atoms with Crippen LogP contribution in [0.1, 0.15) is 5.56 Å². The number of nitrogens with one attached hydrogen (secondary N) is 1. The Kier molecular flexibility index (Phi) is 3.22. The molecule has 82 valence electrons. The van der Waals surface area contributed by atoms with Gasteiger partial charge in [0.15, 0.2) is 0 Å². The third kappa shape index (κ3) is 2.84. The zero-order valence-electron chi connectivity index (χ0n) is 8.39. The Labute approximate surface area is 97.9 Å². The normalized spacial score (nSPS) is 10.1. The van der Waals surface area contributed by atoms with E-state index in [-0.39, 0.29) is 11.0 Å². The molecule has 0 radical (unpaired) electrons. The molecule has 4 nitrogen and oxygen atoms in total. The van der Waals surface area contributed by atoms with Crippen LogP contribution in [0.25, 0.3) is 0 Å². The highest BCUT2D eigenvalue weighted by molar-refractivity contribution is 6.28. The molecule has 0 fully saturated rings. The molecular formula is C11H10ClN3O. The number of aromatic nitrogens is 2. The van der Waals surface area contributed by atoms with E-state index in [1.54, 1.807) is 24.4 Å². The minimum Gasteiger partial charge on any atom is -0.508 e. The molecule has 5 heteroatoms. The maximum Gasteiger partial charge on any atom is 0.224 e. The monoisotopic (exact) mass is 235 g/mol. The van der Waals surface area contributed by atoms with E-state index in [1.807, 2.05) is 12.1 Å². The fraction of sp³-hybridized carbons (Fsp3) is 0.0909. The average molecular weight is 236 g/mol. The molecule has 16 heavy (non-hydrogen) atoms. The molecule has 1 aromatic heterocycles. The van der Waals surface area contributed by atoms with Gasteiger partial charge < -0.3 is 10.4 Å². The molecule has 2 aromatic rings. The van der Waals surface area contributed by atoms with E-state index in [0.717, 1.165) is 5.56 Å². The SMILES string of the molecule is Oc1ccc(CNc2ccnc(Cl)n2)cc1. The van der Waals surface area contributed by atoms with Crippen molar-refractivity contribution >= 4 is 17.4 Å². The van der Waals surface area contributed by atoms with Gasteiger partial charge in [-0.25, -0.2) is 9.97 Å². The summed E-state index contributed by atoms with van der Waals surface area (Å²) in [6.07, 6.45) is 1.59. The molecule has 0 spiro atoms. The van der Waals surface area contributed by atoms with Gasteiger partial charge in [-0.1, -0.05) is 12.1 Å². The first kappa shape index (κ1) is 10.7. The summed E-state index contributed by atoms with van der Waals surface area (Å²) in [5, 5.41) is 12.4. The van der Waals surface area contributed by atoms with Crippen LogP contribution >= 0.6 is 11.6 Å². The topological polar surface area (TPSA) is 58.0 Å². The van der Waals surface area contributed by atoms with E-state index >= 15 is 0 Å². The Morgan fingerprint density at radius 2 is 1.94 bits per heavy atom. The first-order valence-electron chi connectivity index (χ1n) is 4.74. The minimum absolute atomic E-state index is 0.218. The number of benzene rings is 1. The number of phenols is 1. The lowest BCUT2D eigenvalue weighted by Crippen LogP contribution is -2.01. The van der Waals surface area contributed by atoms with Crippen molar-refractivity contribution < 1.29 is 5.11 Å². The molecule has 2 rings (SSSR count). The molecule has 0 aliphatic carbocycles. The van der Waals surface area contributed by atoms with Gasteiger partial charge in [-0.15, -0.1) is 0 Å². The summed E-state index contributed by atoms with van der Waals surface area (Å²) in [7, 11) is 0. The van der Waals surface area contributed by atoms with Crippen molar-refractivity contribution in [1.82, 2.24) is 9.97 Å². The lowest BCUT2D eigenvalue weighted by atomic mass is 10.2. The molecule has 0 saturated carbocycles. The molecule has 0 saturated heterocycles. The summed E-state index contributed by atoms with van der Waals surface area (Å²) >= 11 is 5.65. The lowest BCUT2D eigenvalue weighted by Gasteiger charge is -2.05. The highest BCUT2D eigenvalue weighted by atomic mass is 35.5. The fourth-order valence-electron chi connectivity index (χ4n) is 1.24. The molecule has 1 heterocycles. The van der Waals surface area contributed by atoms with E-state index in [0.29, 0.717) is 12.4 Å². The fourth-order valence-corrected chi connectivity index (χ4v) is 1.39. The van der Waals surface area contributed by atoms with E-state index in [1.165, 1.54) is 0 Å². The summed E-state index contributed by atoms with van der Waals surface area (Å²) in [5.74, 6) is 0.932.